The summed E-state index contributed by atoms with van der Waals surface area (Å²) >= 11 is 3.22. The summed E-state index contributed by atoms with van der Waals surface area (Å²) in [5.74, 6) is -0.940. The van der Waals surface area contributed by atoms with Crippen LogP contribution in [-0.2, 0) is 4.74 Å². The number of carbonyl (C=O) groups excluding carboxylic acids is 2. The fourth-order valence-electron chi connectivity index (χ4n) is 2.25. The van der Waals surface area contributed by atoms with E-state index in [0.29, 0.717) is 29.0 Å². The van der Waals surface area contributed by atoms with Crippen LogP contribution in [0.2, 0.25) is 0 Å². The number of ether oxygens (including phenoxy) is 1. The number of nitrogens with zero attached hydrogens (tertiary/aromatic N) is 1. The summed E-state index contributed by atoms with van der Waals surface area (Å²) in [6.45, 7) is 0.803. The molecule has 0 unspecified atom stereocenters. The van der Waals surface area contributed by atoms with E-state index in [4.69, 9.17) is 4.74 Å². The molecule has 118 valence electrons. The lowest BCUT2D eigenvalue weighted by Gasteiger charge is -2.14. The Morgan fingerprint density at radius 3 is 2.83 bits per heavy atom. The zero-order valence-corrected chi connectivity index (χ0v) is 13.5. The smallest absolute Gasteiger partial charge is 0.414 e. The van der Waals surface area contributed by atoms with Crippen LogP contribution in [-0.4, -0.2) is 25.2 Å². The van der Waals surface area contributed by atoms with E-state index >= 15 is 0 Å². The quantitative estimate of drug-likeness (QED) is 0.883. The molecule has 0 atom stereocenters. The number of amides is 2. The van der Waals surface area contributed by atoms with Crippen molar-refractivity contribution in [2.45, 2.75) is 0 Å². The number of cyclic esters (lactones) is 1. The second-order valence-corrected chi connectivity index (χ2v) is 5.75. The zero-order valence-electron chi connectivity index (χ0n) is 11.9. The fraction of sp³-hybridized carbons (Fsp3) is 0.125. The van der Waals surface area contributed by atoms with E-state index in [9.17, 15) is 14.0 Å². The van der Waals surface area contributed by atoms with Gasteiger partial charge in [-0.1, -0.05) is 6.07 Å². The Hall–Kier alpha value is -2.41. The van der Waals surface area contributed by atoms with Gasteiger partial charge in [-0.2, -0.15) is 0 Å². The van der Waals surface area contributed by atoms with Crippen LogP contribution < -0.4 is 10.2 Å². The molecule has 1 saturated heterocycles. The van der Waals surface area contributed by atoms with Crippen molar-refractivity contribution in [3.63, 3.8) is 0 Å². The Labute approximate surface area is 140 Å². The van der Waals surface area contributed by atoms with Gasteiger partial charge in [-0.3, -0.25) is 9.69 Å². The van der Waals surface area contributed by atoms with Crippen molar-refractivity contribution in [1.29, 1.82) is 0 Å². The number of carbonyl (C=O) groups is 2. The molecular formula is C16H12BrFN2O3. The molecule has 2 aromatic rings. The molecule has 1 aliphatic heterocycles. The van der Waals surface area contributed by atoms with Crippen LogP contribution in [0.3, 0.4) is 0 Å². The highest BCUT2D eigenvalue weighted by molar-refractivity contribution is 9.10. The Morgan fingerprint density at radius 1 is 1.26 bits per heavy atom. The maximum atomic E-state index is 13.3. The van der Waals surface area contributed by atoms with E-state index in [1.165, 1.54) is 17.0 Å². The van der Waals surface area contributed by atoms with Crippen LogP contribution in [0.1, 0.15) is 10.4 Å². The largest absolute Gasteiger partial charge is 0.447 e. The molecule has 0 saturated carbocycles. The molecule has 1 heterocycles. The van der Waals surface area contributed by atoms with Crippen molar-refractivity contribution in [2.75, 3.05) is 23.4 Å². The van der Waals surface area contributed by atoms with E-state index < -0.39 is 17.8 Å². The number of anilines is 2. The van der Waals surface area contributed by atoms with E-state index in [1.807, 2.05) is 0 Å². The van der Waals surface area contributed by atoms with E-state index in [0.717, 1.165) is 6.07 Å². The maximum absolute atomic E-state index is 13.3. The third-order valence-corrected chi connectivity index (χ3v) is 4.04. The molecule has 23 heavy (non-hydrogen) atoms. The molecule has 1 aliphatic rings. The Balaban J connectivity index is 1.81. The summed E-state index contributed by atoms with van der Waals surface area (Å²) < 4.78 is 18.7. The average Bonchev–Trinajstić information content (AvgIpc) is 2.96. The maximum Gasteiger partial charge on any atom is 0.414 e. The lowest BCUT2D eigenvalue weighted by Crippen LogP contribution is -2.23. The fourth-order valence-corrected chi connectivity index (χ4v) is 2.68. The van der Waals surface area contributed by atoms with Gasteiger partial charge in [-0.25, -0.2) is 9.18 Å². The number of nitrogens with one attached hydrogen (secondary N) is 1. The lowest BCUT2D eigenvalue weighted by molar-refractivity contribution is 0.102. The highest BCUT2D eigenvalue weighted by Crippen LogP contribution is 2.24. The first-order chi connectivity index (χ1) is 11.0. The molecule has 3 rings (SSSR count). The zero-order chi connectivity index (χ0) is 16.4. The highest BCUT2D eigenvalue weighted by atomic mass is 79.9. The second kappa shape index (κ2) is 6.37. The van der Waals surface area contributed by atoms with Gasteiger partial charge in [-0.05, 0) is 52.3 Å². The summed E-state index contributed by atoms with van der Waals surface area (Å²) in [7, 11) is 0. The molecule has 0 bridgehead atoms. The van der Waals surface area contributed by atoms with Crippen molar-refractivity contribution in [1.82, 2.24) is 0 Å². The summed E-state index contributed by atoms with van der Waals surface area (Å²) in [5.41, 5.74) is 1.32. The van der Waals surface area contributed by atoms with Crippen LogP contribution >= 0.6 is 15.9 Å². The van der Waals surface area contributed by atoms with E-state index in [-0.39, 0.29) is 5.56 Å². The monoisotopic (exact) mass is 378 g/mol. The predicted octanol–water partition coefficient (Wildman–Crippen LogP) is 3.80. The van der Waals surface area contributed by atoms with Crippen molar-refractivity contribution in [3.05, 3.63) is 58.3 Å². The van der Waals surface area contributed by atoms with Crippen molar-refractivity contribution in [3.8, 4) is 0 Å². The Kier molecular flexibility index (Phi) is 4.29. The van der Waals surface area contributed by atoms with Gasteiger partial charge in [0.1, 0.15) is 12.4 Å². The summed E-state index contributed by atoms with van der Waals surface area (Å²) in [5, 5.41) is 2.69. The molecule has 5 nitrogen and oxygen atoms in total. The number of hydrogen-bond donors (Lipinski definition) is 1. The van der Waals surface area contributed by atoms with Gasteiger partial charge in [0.25, 0.3) is 5.91 Å². The second-order valence-electron chi connectivity index (χ2n) is 4.89. The van der Waals surface area contributed by atoms with Gasteiger partial charge in [0.05, 0.1) is 12.1 Å². The number of hydrogen-bond acceptors (Lipinski definition) is 3. The molecule has 0 aliphatic carbocycles. The predicted molar refractivity (Wildman–Crippen MR) is 87.2 cm³/mol. The minimum atomic E-state index is -0.494. The first-order valence-corrected chi connectivity index (χ1v) is 7.64. The molecule has 0 spiro atoms. The number of halogens is 2. The van der Waals surface area contributed by atoms with Gasteiger partial charge in [0, 0.05) is 15.8 Å². The van der Waals surface area contributed by atoms with Gasteiger partial charge < -0.3 is 10.1 Å². The minimum absolute atomic E-state index is 0.191. The topological polar surface area (TPSA) is 58.6 Å². The third-order valence-electron chi connectivity index (χ3n) is 3.35. The molecule has 2 aromatic carbocycles. The first kappa shape index (κ1) is 15.5. The van der Waals surface area contributed by atoms with Crippen molar-refractivity contribution >= 4 is 39.3 Å². The van der Waals surface area contributed by atoms with Gasteiger partial charge in [0.2, 0.25) is 0 Å². The van der Waals surface area contributed by atoms with Gasteiger partial charge in [0.15, 0.2) is 0 Å². The Bertz CT molecular complexity index is 782. The number of benzene rings is 2. The first-order valence-electron chi connectivity index (χ1n) is 6.85. The normalized spacial score (nSPS) is 13.8. The lowest BCUT2D eigenvalue weighted by atomic mass is 10.2. The van der Waals surface area contributed by atoms with Gasteiger partial charge in [-0.15, -0.1) is 0 Å². The van der Waals surface area contributed by atoms with E-state index in [2.05, 4.69) is 21.2 Å². The van der Waals surface area contributed by atoms with Crippen LogP contribution in [0, 0.1) is 5.82 Å². The van der Waals surface area contributed by atoms with Crippen LogP contribution in [0.15, 0.2) is 46.9 Å². The molecule has 1 N–H and O–H groups in total. The SMILES string of the molecule is O=C(Nc1cccc(N2CCOC2=O)c1)c1cc(F)ccc1Br. The average molecular weight is 379 g/mol. The molecule has 1 fully saturated rings. The summed E-state index contributed by atoms with van der Waals surface area (Å²) in [6, 6.07) is 10.7. The minimum Gasteiger partial charge on any atom is -0.447 e. The van der Waals surface area contributed by atoms with Gasteiger partial charge >= 0.3 is 6.09 Å². The van der Waals surface area contributed by atoms with E-state index in [1.54, 1.807) is 24.3 Å². The van der Waals surface area contributed by atoms with Crippen LogP contribution in [0.4, 0.5) is 20.6 Å². The molecular weight excluding hydrogens is 367 g/mol. The molecule has 0 radical (unpaired) electrons. The molecule has 2 amide bonds. The summed E-state index contributed by atoms with van der Waals surface area (Å²) in [6.07, 6.45) is -0.415. The van der Waals surface area contributed by atoms with Crippen LogP contribution in [0.5, 0.6) is 0 Å². The summed E-state index contributed by atoms with van der Waals surface area (Å²) in [4.78, 5) is 25.3. The standard InChI is InChI=1S/C16H12BrFN2O3/c17-14-5-4-10(18)8-13(14)15(21)19-11-2-1-3-12(9-11)20-6-7-23-16(20)22/h1-5,8-9H,6-7H2,(H,19,21). The molecule has 0 aromatic heterocycles. The highest BCUT2D eigenvalue weighted by Gasteiger charge is 2.23. The number of rotatable bonds is 3. The van der Waals surface area contributed by atoms with Crippen molar-refractivity contribution < 1.29 is 18.7 Å². The van der Waals surface area contributed by atoms with Crippen molar-refractivity contribution in [2.24, 2.45) is 0 Å². The molecule has 7 heteroatoms. The Morgan fingerprint density at radius 2 is 2.09 bits per heavy atom. The third kappa shape index (κ3) is 3.34. The van der Waals surface area contributed by atoms with Crippen LogP contribution in [0.25, 0.3) is 0 Å².